The van der Waals surface area contributed by atoms with Crippen molar-refractivity contribution in [1.82, 2.24) is 15.4 Å². The Labute approximate surface area is 118 Å². The summed E-state index contributed by atoms with van der Waals surface area (Å²) in [6.07, 6.45) is 5.07. The first-order valence-corrected chi connectivity index (χ1v) is 7.12. The molecule has 102 valence electrons. The van der Waals surface area contributed by atoms with Crippen molar-refractivity contribution in [3.63, 3.8) is 0 Å². The summed E-state index contributed by atoms with van der Waals surface area (Å²) >= 11 is 0. The highest BCUT2D eigenvalue weighted by Gasteiger charge is 2.24. The molecule has 0 aliphatic carbocycles. The van der Waals surface area contributed by atoms with Crippen LogP contribution < -0.4 is 5.32 Å². The van der Waals surface area contributed by atoms with E-state index in [1.54, 1.807) is 6.20 Å². The summed E-state index contributed by atoms with van der Waals surface area (Å²) in [5, 5.41) is 7.26. The lowest BCUT2D eigenvalue weighted by atomic mass is 9.91. The zero-order valence-electron chi connectivity index (χ0n) is 11.3. The van der Waals surface area contributed by atoms with Gasteiger partial charge >= 0.3 is 0 Å². The molecule has 4 nitrogen and oxygen atoms in total. The van der Waals surface area contributed by atoms with Gasteiger partial charge < -0.3 is 14.7 Å². The fraction of sp³-hybridized carbons (Fsp3) is 0.312. The van der Waals surface area contributed by atoms with Crippen molar-refractivity contribution in [2.45, 2.75) is 6.42 Å². The number of rotatable bonds is 1. The summed E-state index contributed by atoms with van der Waals surface area (Å²) in [6.45, 7) is 4.15. The van der Waals surface area contributed by atoms with Gasteiger partial charge in [-0.3, -0.25) is 0 Å². The van der Waals surface area contributed by atoms with E-state index in [9.17, 15) is 0 Å². The maximum absolute atomic E-state index is 5.35. The van der Waals surface area contributed by atoms with Crippen LogP contribution in [0.4, 0.5) is 0 Å². The third-order valence-electron chi connectivity index (χ3n) is 4.13. The lowest BCUT2D eigenvalue weighted by molar-refractivity contribution is 0.394. The zero-order chi connectivity index (χ0) is 13.4. The van der Waals surface area contributed by atoms with Crippen LogP contribution in [0.5, 0.6) is 0 Å². The van der Waals surface area contributed by atoms with Crippen LogP contribution in [0.2, 0.25) is 0 Å². The minimum Gasteiger partial charge on any atom is -0.370 e. The average molecular weight is 267 g/mol. The molecule has 0 unspecified atom stereocenters. The second-order valence-corrected chi connectivity index (χ2v) is 5.24. The average Bonchev–Trinajstić information content (AvgIpc) is 2.91. The molecule has 0 spiro atoms. The number of nitrogens with zero attached hydrogens (tertiary/aromatic N) is 2. The third kappa shape index (κ3) is 1.84. The molecule has 4 rings (SSSR count). The lowest BCUT2D eigenvalue weighted by Gasteiger charge is -2.33. The van der Waals surface area contributed by atoms with Crippen molar-refractivity contribution in [3.8, 4) is 11.3 Å². The Morgan fingerprint density at radius 1 is 1.15 bits per heavy atom. The molecular formula is C16H17N3O. The maximum Gasteiger partial charge on any atom is 0.167 e. The quantitative estimate of drug-likeness (QED) is 0.859. The van der Waals surface area contributed by atoms with Crippen molar-refractivity contribution < 1.29 is 4.52 Å². The van der Waals surface area contributed by atoms with Crippen LogP contribution in [0.3, 0.4) is 0 Å². The number of hydrogen-bond acceptors (Lipinski definition) is 4. The van der Waals surface area contributed by atoms with Crippen LogP contribution in [-0.4, -0.2) is 36.2 Å². The molecule has 0 saturated carbocycles. The molecule has 1 aromatic carbocycles. The third-order valence-corrected chi connectivity index (χ3v) is 4.13. The Balaban J connectivity index is 1.85. The summed E-state index contributed by atoms with van der Waals surface area (Å²) < 4.78 is 5.35. The highest BCUT2D eigenvalue weighted by molar-refractivity contribution is 5.76. The molecule has 0 bridgehead atoms. The van der Waals surface area contributed by atoms with Crippen LogP contribution in [0.15, 0.2) is 41.1 Å². The Hall–Kier alpha value is -2.07. The van der Waals surface area contributed by atoms with Crippen molar-refractivity contribution in [1.29, 1.82) is 0 Å². The van der Waals surface area contributed by atoms with Gasteiger partial charge in [-0.25, -0.2) is 0 Å². The summed E-state index contributed by atoms with van der Waals surface area (Å²) in [6, 6.07) is 8.40. The molecule has 0 atom stereocenters. The van der Waals surface area contributed by atoms with Crippen molar-refractivity contribution in [2.75, 3.05) is 26.2 Å². The Morgan fingerprint density at radius 2 is 2.10 bits per heavy atom. The zero-order valence-corrected chi connectivity index (χ0v) is 11.3. The van der Waals surface area contributed by atoms with E-state index in [1.165, 1.54) is 22.4 Å². The molecule has 0 amide bonds. The van der Waals surface area contributed by atoms with Gasteiger partial charge in [0.2, 0.25) is 0 Å². The minimum absolute atomic E-state index is 0.864. The summed E-state index contributed by atoms with van der Waals surface area (Å²) in [4.78, 5) is 2.48. The molecular weight excluding hydrogens is 250 g/mol. The van der Waals surface area contributed by atoms with E-state index in [1.807, 2.05) is 6.07 Å². The highest BCUT2D eigenvalue weighted by Crippen LogP contribution is 2.35. The molecule has 1 N–H and O–H groups in total. The minimum atomic E-state index is 0.864. The van der Waals surface area contributed by atoms with Crippen molar-refractivity contribution in [2.24, 2.45) is 0 Å². The van der Waals surface area contributed by atoms with Gasteiger partial charge in [0.25, 0.3) is 0 Å². The predicted octanol–water partition coefficient (Wildman–Crippen LogP) is 2.14. The van der Waals surface area contributed by atoms with Crippen LogP contribution >= 0.6 is 0 Å². The largest absolute Gasteiger partial charge is 0.370 e. The van der Waals surface area contributed by atoms with E-state index >= 15 is 0 Å². The van der Waals surface area contributed by atoms with Gasteiger partial charge in [-0.2, -0.15) is 0 Å². The first kappa shape index (κ1) is 11.7. The first-order valence-electron chi connectivity index (χ1n) is 7.12. The summed E-state index contributed by atoms with van der Waals surface area (Å²) in [5.41, 5.74) is 5.26. The lowest BCUT2D eigenvalue weighted by Crippen LogP contribution is -2.32. The van der Waals surface area contributed by atoms with Crippen LogP contribution in [0.1, 0.15) is 11.1 Å². The second-order valence-electron chi connectivity index (χ2n) is 5.24. The first-order chi connectivity index (χ1) is 9.93. The van der Waals surface area contributed by atoms with Crippen molar-refractivity contribution >= 4 is 5.70 Å². The molecule has 2 aromatic rings. The molecule has 0 radical (unpaired) electrons. The SMILES string of the molecule is C1=C2c3cccc(-c4ccno4)c3CCN2CCNC1. The van der Waals surface area contributed by atoms with Gasteiger partial charge in [-0.05, 0) is 18.1 Å². The van der Waals surface area contributed by atoms with Crippen LogP contribution in [0, 0.1) is 0 Å². The molecule has 0 saturated heterocycles. The topological polar surface area (TPSA) is 41.3 Å². The monoisotopic (exact) mass is 267 g/mol. The van der Waals surface area contributed by atoms with Gasteiger partial charge in [0.15, 0.2) is 5.76 Å². The van der Waals surface area contributed by atoms with E-state index in [2.05, 4.69) is 39.6 Å². The molecule has 0 fully saturated rings. The van der Waals surface area contributed by atoms with Gasteiger partial charge in [0.1, 0.15) is 0 Å². The molecule has 3 heterocycles. The van der Waals surface area contributed by atoms with Crippen LogP contribution in [0.25, 0.3) is 17.0 Å². The molecule has 4 heteroatoms. The van der Waals surface area contributed by atoms with Gasteiger partial charge in [-0.15, -0.1) is 0 Å². The Kier molecular flexibility index (Phi) is 2.81. The van der Waals surface area contributed by atoms with Gasteiger partial charge in [-0.1, -0.05) is 23.4 Å². The molecule has 2 aliphatic heterocycles. The summed E-state index contributed by atoms with van der Waals surface area (Å²) in [5.74, 6) is 0.864. The second kappa shape index (κ2) is 4.80. The van der Waals surface area contributed by atoms with Crippen LogP contribution in [-0.2, 0) is 6.42 Å². The van der Waals surface area contributed by atoms with Crippen molar-refractivity contribution in [3.05, 3.63) is 47.7 Å². The van der Waals surface area contributed by atoms with E-state index in [-0.39, 0.29) is 0 Å². The standard InChI is InChI=1S/C16H17N3O/c1-2-13-12(14(3-1)16-5-8-18-20-16)6-10-19-11-9-17-7-4-15(13)19/h1-5,8,17H,6-7,9-11H2. The highest BCUT2D eigenvalue weighted by atomic mass is 16.5. The normalized spacial score (nSPS) is 18.0. The molecule has 1 aromatic heterocycles. The predicted molar refractivity (Wildman–Crippen MR) is 78.1 cm³/mol. The van der Waals surface area contributed by atoms with E-state index in [0.29, 0.717) is 0 Å². The fourth-order valence-corrected chi connectivity index (χ4v) is 3.18. The van der Waals surface area contributed by atoms with E-state index in [4.69, 9.17) is 4.52 Å². The number of benzene rings is 1. The van der Waals surface area contributed by atoms with E-state index in [0.717, 1.165) is 38.4 Å². The smallest absolute Gasteiger partial charge is 0.167 e. The van der Waals surface area contributed by atoms with E-state index < -0.39 is 0 Å². The number of hydrogen-bond donors (Lipinski definition) is 1. The Bertz CT molecular complexity index is 646. The molecule has 2 aliphatic rings. The van der Waals surface area contributed by atoms with Gasteiger partial charge in [0.05, 0.1) is 6.20 Å². The number of aromatic nitrogens is 1. The van der Waals surface area contributed by atoms with Gasteiger partial charge in [0, 0.05) is 49.1 Å². The fourth-order valence-electron chi connectivity index (χ4n) is 3.18. The Morgan fingerprint density at radius 3 is 3.00 bits per heavy atom. The number of fused-ring (bicyclic) bond motifs is 3. The molecule has 20 heavy (non-hydrogen) atoms. The maximum atomic E-state index is 5.35. The number of nitrogens with one attached hydrogen (secondary N) is 1. The summed E-state index contributed by atoms with van der Waals surface area (Å²) in [7, 11) is 0.